The van der Waals surface area contributed by atoms with Crippen LogP contribution in [0.25, 0.3) is 22.3 Å². The molecule has 3 aromatic rings. The molecule has 1 aliphatic heterocycles. The smallest absolute Gasteiger partial charge is 0.229 e. The minimum atomic E-state index is -1.67. The van der Waals surface area contributed by atoms with Crippen LogP contribution in [0.4, 0.5) is 0 Å². The van der Waals surface area contributed by atoms with E-state index < -0.39 is 37.3 Å². The molecule has 0 spiro atoms. The zero-order chi connectivity index (χ0) is 26.7. The van der Waals surface area contributed by atoms with Crippen LogP contribution in [0.2, 0.25) is 0 Å². The van der Waals surface area contributed by atoms with E-state index in [0.29, 0.717) is 39.5 Å². The summed E-state index contributed by atoms with van der Waals surface area (Å²) in [6.07, 6.45) is -7.58. The summed E-state index contributed by atoms with van der Waals surface area (Å²) >= 11 is 0. The molecule has 1 heterocycles. The molecule has 0 aromatic heterocycles. The molecule has 5 N–H and O–H groups in total. The Morgan fingerprint density at radius 1 is 0.757 bits per heavy atom. The minimum absolute atomic E-state index is 0.0684. The van der Waals surface area contributed by atoms with E-state index in [1.54, 1.807) is 68.8 Å². The lowest BCUT2D eigenvalue weighted by Crippen LogP contribution is -2.60. The Morgan fingerprint density at radius 3 is 1.84 bits per heavy atom. The third-order valence-electron chi connectivity index (χ3n) is 6.30. The highest BCUT2D eigenvalue weighted by molar-refractivity contribution is 5.87. The largest absolute Gasteiger partial charge is 0.504 e. The Kier molecular flexibility index (Phi) is 8.06. The molecule has 0 bridgehead atoms. The number of rotatable bonds is 8. The van der Waals surface area contributed by atoms with Crippen molar-refractivity contribution in [2.75, 3.05) is 27.9 Å². The maximum Gasteiger partial charge on any atom is 0.229 e. The van der Waals surface area contributed by atoms with Gasteiger partial charge in [-0.2, -0.15) is 0 Å². The lowest BCUT2D eigenvalue weighted by Gasteiger charge is -2.39. The van der Waals surface area contributed by atoms with Crippen molar-refractivity contribution in [2.45, 2.75) is 30.7 Å². The van der Waals surface area contributed by atoms with E-state index in [1.807, 2.05) is 0 Å². The van der Waals surface area contributed by atoms with E-state index in [0.717, 1.165) is 0 Å². The van der Waals surface area contributed by atoms with Crippen LogP contribution < -0.4 is 18.9 Å². The Morgan fingerprint density at radius 2 is 1.32 bits per heavy atom. The second-order valence-electron chi connectivity index (χ2n) is 8.45. The lowest BCUT2D eigenvalue weighted by atomic mass is 9.96. The van der Waals surface area contributed by atoms with Gasteiger partial charge in [0.1, 0.15) is 41.7 Å². The third kappa shape index (κ3) is 5.15. The van der Waals surface area contributed by atoms with E-state index in [-0.39, 0.29) is 11.5 Å². The number of aromatic hydroxyl groups is 1. The number of aliphatic hydroxyl groups is 4. The zero-order valence-corrected chi connectivity index (χ0v) is 20.6. The summed E-state index contributed by atoms with van der Waals surface area (Å²) in [7, 11) is 4.56. The molecule has 198 valence electrons. The molecule has 0 aliphatic carbocycles. The molecule has 0 saturated carbocycles. The van der Waals surface area contributed by atoms with E-state index in [4.69, 9.17) is 23.7 Å². The van der Waals surface area contributed by atoms with E-state index >= 15 is 0 Å². The quantitative estimate of drug-likeness (QED) is 0.302. The molecule has 0 unspecified atom stereocenters. The normalized spacial score (nSPS) is 23.4. The second-order valence-corrected chi connectivity index (χ2v) is 8.45. The summed E-state index contributed by atoms with van der Waals surface area (Å²) in [6.45, 7) is -0.623. The molecule has 0 radical (unpaired) electrons. The van der Waals surface area contributed by atoms with Crippen LogP contribution in [0, 0.1) is 0 Å². The van der Waals surface area contributed by atoms with Gasteiger partial charge in [-0.3, -0.25) is 0 Å². The first-order valence-corrected chi connectivity index (χ1v) is 11.5. The summed E-state index contributed by atoms with van der Waals surface area (Å²) in [6, 6.07) is 15.6. The Labute approximate surface area is 213 Å². The number of hydrogen-bond acceptors (Lipinski definition) is 10. The number of aliphatic hydroxyl groups excluding tert-OH is 4. The molecule has 10 nitrogen and oxygen atoms in total. The van der Waals surface area contributed by atoms with Crippen molar-refractivity contribution in [3.8, 4) is 51.0 Å². The van der Waals surface area contributed by atoms with Gasteiger partial charge in [-0.25, -0.2) is 0 Å². The van der Waals surface area contributed by atoms with Gasteiger partial charge in [0.05, 0.1) is 33.5 Å². The van der Waals surface area contributed by atoms with Crippen LogP contribution in [0.15, 0.2) is 54.6 Å². The van der Waals surface area contributed by atoms with Crippen molar-refractivity contribution in [3.63, 3.8) is 0 Å². The molecule has 3 aromatic carbocycles. The van der Waals surface area contributed by atoms with Crippen molar-refractivity contribution in [3.05, 3.63) is 54.6 Å². The van der Waals surface area contributed by atoms with Crippen LogP contribution in [-0.2, 0) is 4.74 Å². The first-order valence-electron chi connectivity index (χ1n) is 11.5. The molecular formula is C27H30O10. The van der Waals surface area contributed by atoms with Crippen LogP contribution in [0.1, 0.15) is 0 Å². The third-order valence-corrected chi connectivity index (χ3v) is 6.30. The fraction of sp³-hybridized carbons (Fsp3) is 0.333. The molecule has 37 heavy (non-hydrogen) atoms. The second kappa shape index (κ2) is 11.2. The minimum Gasteiger partial charge on any atom is -0.504 e. The Hall–Kier alpha value is -3.54. The molecular weight excluding hydrogens is 484 g/mol. The summed E-state index contributed by atoms with van der Waals surface area (Å²) in [5.41, 5.74) is 1.92. The van der Waals surface area contributed by atoms with Crippen LogP contribution in [0.5, 0.6) is 28.7 Å². The highest BCUT2D eigenvalue weighted by Crippen LogP contribution is 2.50. The number of hydrogen-bond donors (Lipinski definition) is 5. The maximum absolute atomic E-state index is 11.5. The van der Waals surface area contributed by atoms with Gasteiger partial charge in [0.15, 0.2) is 11.5 Å². The highest BCUT2D eigenvalue weighted by Gasteiger charge is 2.45. The van der Waals surface area contributed by atoms with Gasteiger partial charge in [0.25, 0.3) is 0 Å². The number of phenols is 1. The van der Waals surface area contributed by atoms with Crippen molar-refractivity contribution >= 4 is 0 Å². The first-order chi connectivity index (χ1) is 17.8. The SMILES string of the molecule is COc1ccc(-c2cc(OC)c(-c3ccc(OC)cc3)c(O)c2O[C@@H]2O[C@H](CO)[C@@H](O)[C@H](O)[C@H]2O)cc1. The molecule has 5 atom stereocenters. The van der Waals surface area contributed by atoms with Gasteiger partial charge in [0, 0.05) is 5.56 Å². The zero-order valence-electron chi connectivity index (χ0n) is 20.6. The van der Waals surface area contributed by atoms with Gasteiger partial charge in [-0.15, -0.1) is 0 Å². The van der Waals surface area contributed by atoms with Gasteiger partial charge in [0.2, 0.25) is 6.29 Å². The highest BCUT2D eigenvalue weighted by atomic mass is 16.7. The van der Waals surface area contributed by atoms with Crippen molar-refractivity contribution in [2.24, 2.45) is 0 Å². The molecule has 1 aliphatic rings. The molecule has 10 heteroatoms. The topological polar surface area (TPSA) is 147 Å². The van der Waals surface area contributed by atoms with Crippen LogP contribution in [0.3, 0.4) is 0 Å². The number of benzene rings is 3. The molecule has 1 saturated heterocycles. The lowest BCUT2D eigenvalue weighted by molar-refractivity contribution is -0.277. The predicted molar refractivity (Wildman–Crippen MR) is 133 cm³/mol. The molecule has 0 amide bonds. The van der Waals surface area contributed by atoms with Gasteiger partial charge in [-0.05, 0) is 41.5 Å². The van der Waals surface area contributed by atoms with Crippen LogP contribution >= 0.6 is 0 Å². The van der Waals surface area contributed by atoms with Crippen molar-refractivity contribution in [1.29, 1.82) is 0 Å². The van der Waals surface area contributed by atoms with E-state index in [1.165, 1.54) is 7.11 Å². The molecule has 1 fully saturated rings. The maximum atomic E-state index is 11.5. The van der Waals surface area contributed by atoms with Gasteiger partial charge >= 0.3 is 0 Å². The number of methoxy groups -OCH3 is 3. The Bertz CT molecular complexity index is 1190. The monoisotopic (exact) mass is 514 g/mol. The van der Waals surface area contributed by atoms with Crippen molar-refractivity contribution in [1.82, 2.24) is 0 Å². The number of ether oxygens (including phenoxy) is 5. The standard InChI is InChI=1S/C27H30O10/c1-33-16-8-4-14(5-9-16)18-12-19(35-3)21(15-6-10-17(34-2)11-7-15)23(30)26(18)37-27-25(32)24(31)22(29)20(13-28)36-27/h4-12,20,22,24-25,27-32H,13H2,1-3H3/t20-,22-,24+,25-,27+/m1/s1. The number of phenolic OH excluding ortho intramolecular Hbond substituents is 1. The van der Waals surface area contributed by atoms with E-state index in [2.05, 4.69) is 0 Å². The van der Waals surface area contributed by atoms with Crippen molar-refractivity contribution < 1.29 is 49.2 Å². The summed E-state index contributed by atoms with van der Waals surface area (Å²) in [4.78, 5) is 0. The fourth-order valence-corrected chi connectivity index (χ4v) is 4.21. The summed E-state index contributed by atoms with van der Waals surface area (Å²) < 4.78 is 27.6. The predicted octanol–water partition coefficient (Wildman–Crippen LogP) is 1.93. The fourth-order valence-electron chi connectivity index (χ4n) is 4.21. The summed E-state index contributed by atoms with van der Waals surface area (Å²) in [5.74, 6) is 1.20. The van der Waals surface area contributed by atoms with Gasteiger partial charge < -0.3 is 49.2 Å². The Balaban J connectivity index is 1.87. The van der Waals surface area contributed by atoms with Crippen LogP contribution in [-0.4, -0.2) is 84.2 Å². The molecule has 4 rings (SSSR count). The average molecular weight is 515 g/mol. The van der Waals surface area contributed by atoms with E-state index in [9.17, 15) is 25.5 Å². The van der Waals surface area contributed by atoms with Gasteiger partial charge in [-0.1, -0.05) is 24.3 Å². The first kappa shape index (κ1) is 26.5. The average Bonchev–Trinajstić information content (AvgIpc) is 2.94. The summed E-state index contributed by atoms with van der Waals surface area (Å²) in [5, 5.41) is 52.0.